The summed E-state index contributed by atoms with van der Waals surface area (Å²) in [6.07, 6.45) is 6.19. The lowest BCUT2D eigenvalue weighted by Gasteiger charge is -2.53. The first kappa shape index (κ1) is 15.4. The van der Waals surface area contributed by atoms with E-state index in [1.807, 2.05) is 0 Å². The van der Waals surface area contributed by atoms with E-state index in [4.69, 9.17) is 0 Å². The Kier molecular flexibility index (Phi) is 4.14. The Bertz CT molecular complexity index is 454. The molecule has 1 aliphatic carbocycles. The van der Waals surface area contributed by atoms with Crippen molar-refractivity contribution in [3.8, 4) is 0 Å². The second-order valence-electron chi connectivity index (χ2n) is 7.83. The maximum Gasteiger partial charge on any atom is 0.00798 e. The Balaban J connectivity index is 2.56. The largest absolute Gasteiger partial charge is 0.0822 e. The van der Waals surface area contributed by atoms with E-state index in [1.165, 1.54) is 12.0 Å². The van der Waals surface area contributed by atoms with E-state index >= 15 is 0 Å². The molecule has 0 saturated heterocycles. The van der Waals surface area contributed by atoms with Crippen LogP contribution in [-0.4, -0.2) is 0 Å². The molecule has 0 heterocycles. The Morgan fingerprint density at radius 3 is 2.00 bits per heavy atom. The minimum absolute atomic E-state index is 0.305. The van der Waals surface area contributed by atoms with Gasteiger partial charge in [0, 0.05) is 5.92 Å². The summed E-state index contributed by atoms with van der Waals surface area (Å²) in [6.45, 7) is 14.4. The number of benzene rings is 1. The number of hydrogen-bond donors (Lipinski definition) is 0. The van der Waals surface area contributed by atoms with Crippen LogP contribution < -0.4 is 0 Å². The van der Waals surface area contributed by atoms with Gasteiger partial charge < -0.3 is 0 Å². The van der Waals surface area contributed by atoms with Crippen LogP contribution in [-0.2, 0) is 0 Å². The van der Waals surface area contributed by atoms with E-state index in [0.717, 1.165) is 0 Å². The minimum atomic E-state index is 0.305. The quantitative estimate of drug-likeness (QED) is 0.586. The fourth-order valence-corrected chi connectivity index (χ4v) is 4.37. The van der Waals surface area contributed by atoms with Crippen LogP contribution in [0.4, 0.5) is 0 Å². The fraction of sp³-hybridized carbons (Fsp3) is 0.600. The molecule has 0 saturated carbocycles. The van der Waals surface area contributed by atoms with Gasteiger partial charge in [-0.2, -0.15) is 0 Å². The monoisotopic (exact) mass is 270 g/mol. The standard InChI is InChI=1S/C20H30/c1-15(2)20(16(3)4)14-19(5,6)13-12-18(20)17-10-8-7-9-11-17/h7-13,15-16,18H,14H2,1-6H3. The summed E-state index contributed by atoms with van der Waals surface area (Å²) < 4.78 is 0. The van der Waals surface area contributed by atoms with Gasteiger partial charge in [-0.3, -0.25) is 0 Å². The van der Waals surface area contributed by atoms with Crippen molar-refractivity contribution in [3.63, 3.8) is 0 Å². The molecule has 110 valence electrons. The van der Waals surface area contributed by atoms with E-state index in [0.29, 0.717) is 28.6 Å². The van der Waals surface area contributed by atoms with Gasteiger partial charge in [0.05, 0.1) is 0 Å². The molecule has 0 bridgehead atoms. The molecular weight excluding hydrogens is 240 g/mol. The van der Waals surface area contributed by atoms with Gasteiger partial charge >= 0.3 is 0 Å². The molecule has 2 rings (SSSR count). The van der Waals surface area contributed by atoms with Gasteiger partial charge in [-0.25, -0.2) is 0 Å². The van der Waals surface area contributed by atoms with E-state index in [1.54, 1.807) is 0 Å². The number of allylic oxidation sites excluding steroid dienone is 2. The molecular formula is C20H30. The first-order valence-corrected chi connectivity index (χ1v) is 8.04. The second-order valence-corrected chi connectivity index (χ2v) is 7.83. The Hall–Kier alpha value is -1.04. The zero-order chi connectivity index (χ0) is 15.0. The Labute approximate surface area is 125 Å². The van der Waals surface area contributed by atoms with Crippen LogP contribution in [0.3, 0.4) is 0 Å². The van der Waals surface area contributed by atoms with Crippen LogP contribution in [0.25, 0.3) is 0 Å². The van der Waals surface area contributed by atoms with Crippen molar-refractivity contribution in [3.05, 3.63) is 48.0 Å². The summed E-state index contributed by atoms with van der Waals surface area (Å²) in [5.41, 5.74) is 2.13. The van der Waals surface area contributed by atoms with Crippen LogP contribution in [0, 0.1) is 22.7 Å². The topological polar surface area (TPSA) is 0 Å². The molecule has 0 aromatic heterocycles. The first-order valence-electron chi connectivity index (χ1n) is 8.04. The minimum Gasteiger partial charge on any atom is -0.0822 e. The SMILES string of the molecule is CC(C)C1(C(C)C)CC(C)(C)C=CC1c1ccccc1. The molecule has 20 heavy (non-hydrogen) atoms. The molecule has 0 heteroatoms. The highest BCUT2D eigenvalue weighted by Gasteiger charge is 2.48. The average Bonchev–Trinajstić information content (AvgIpc) is 2.38. The van der Waals surface area contributed by atoms with Gasteiger partial charge in [0.15, 0.2) is 0 Å². The van der Waals surface area contributed by atoms with Gasteiger partial charge in [0.2, 0.25) is 0 Å². The third kappa shape index (κ3) is 2.57. The highest BCUT2D eigenvalue weighted by Crippen LogP contribution is 2.57. The molecule has 1 unspecified atom stereocenters. The van der Waals surface area contributed by atoms with Crippen molar-refractivity contribution >= 4 is 0 Å². The van der Waals surface area contributed by atoms with Gasteiger partial charge in [-0.1, -0.05) is 84.0 Å². The molecule has 1 aromatic carbocycles. The van der Waals surface area contributed by atoms with Crippen molar-refractivity contribution in [1.29, 1.82) is 0 Å². The molecule has 1 atom stereocenters. The lowest BCUT2D eigenvalue weighted by atomic mass is 9.51. The summed E-state index contributed by atoms with van der Waals surface area (Å²) in [4.78, 5) is 0. The molecule has 0 nitrogen and oxygen atoms in total. The predicted octanol–water partition coefficient (Wildman–Crippen LogP) is 6.05. The highest BCUT2D eigenvalue weighted by molar-refractivity contribution is 5.31. The van der Waals surface area contributed by atoms with Crippen molar-refractivity contribution in [2.45, 2.75) is 53.9 Å². The molecule has 0 fully saturated rings. The summed E-state index contributed by atoms with van der Waals surface area (Å²) in [5, 5.41) is 0. The van der Waals surface area contributed by atoms with Crippen molar-refractivity contribution in [1.82, 2.24) is 0 Å². The van der Waals surface area contributed by atoms with Crippen LogP contribution in [0.1, 0.15) is 59.4 Å². The van der Waals surface area contributed by atoms with E-state index in [2.05, 4.69) is 84.0 Å². The molecule has 0 N–H and O–H groups in total. The van der Waals surface area contributed by atoms with Gasteiger partial charge in [0.25, 0.3) is 0 Å². The summed E-state index contributed by atoms with van der Waals surface area (Å²) in [6, 6.07) is 11.1. The van der Waals surface area contributed by atoms with Crippen LogP contribution in [0.5, 0.6) is 0 Å². The summed E-state index contributed by atoms with van der Waals surface area (Å²) in [5.74, 6) is 1.89. The third-order valence-corrected chi connectivity index (χ3v) is 5.39. The van der Waals surface area contributed by atoms with Crippen LogP contribution in [0.15, 0.2) is 42.5 Å². The van der Waals surface area contributed by atoms with Gasteiger partial charge in [-0.15, -0.1) is 0 Å². The number of hydrogen-bond acceptors (Lipinski definition) is 0. The Morgan fingerprint density at radius 1 is 0.950 bits per heavy atom. The lowest BCUT2D eigenvalue weighted by molar-refractivity contribution is 0.0349. The van der Waals surface area contributed by atoms with Crippen molar-refractivity contribution in [2.75, 3.05) is 0 Å². The van der Waals surface area contributed by atoms with Gasteiger partial charge in [0.1, 0.15) is 0 Å². The molecule has 1 aliphatic rings. The van der Waals surface area contributed by atoms with Crippen molar-refractivity contribution < 1.29 is 0 Å². The Morgan fingerprint density at radius 2 is 1.50 bits per heavy atom. The second kappa shape index (κ2) is 5.39. The summed E-state index contributed by atoms with van der Waals surface area (Å²) >= 11 is 0. The molecule has 0 aliphatic heterocycles. The van der Waals surface area contributed by atoms with E-state index < -0.39 is 0 Å². The lowest BCUT2D eigenvalue weighted by Crippen LogP contribution is -2.44. The normalized spacial score (nSPS) is 24.3. The molecule has 0 amide bonds. The van der Waals surface area contributed by atoms with Crippen LogP contribution >= 0.6 is 0 Å². The third-order valence-electron chi connectivity index (χ3n) is 5.39. The molecule has 0 radical (unpaired) electrons. The van der Waals surface area contributed by atoms with Crippen molar-refractivity contribution in [2.24, 2.45) is 22.7 Å². The first-order chi connectivity index (χ1) is 9.29. The highest BCUT2D eigenvalue weighted by atomic mass is 14.5. The number of rotatable bonds is 3. The zero-order valence-corrected chi connectivity index (χ0v) is 14.0. The average molecular weight is 270 g/mol. The van der Waals surface area contributed by atoms with Crippen LogP contribution in [0.2, 0.25) is 0 Å². The molecule has 0 spiro atoms. The summed E-state index contributed by atoms with van der Waals surface area (Å²) in [7, 11) is 0. The smallest absolute Gasteiger partial charge is 0.00798 e. The maximum absolute atomic E-state index is 2.48. The zero-order valence-electron chi connectivity index (χ0n) is 14.0. The van der Waals surface area contributed by atoms with E-state index in [-0.39, 0.29) is 0 Å². The molecule has 1 aromatic rings. The predicted molar refractivity (Wildman–Crippen MR) is 88.8 cm³/mol. The maximum atomic E-state index is 2.48. The van der Waals surface area contributed by atoms with Gasteiger partial charge in [-0.05, 0) is 34.7 Å². The van der Waals surface area contributed by atoms with E-state index in [9.17, 15) is 0 Å². The fourth-order valence-electron chi connectivity index (χ4n) is 4.37.